The van der Waals surface area contributed by atoms with Crippen LogP contribution in [0.3, 0.4) is 0 Å². The van der Waals surface area contributed by atoms with Crippen LogP contribution in [0, 0.1) is 6.92 Å². The Morgan fingerprint density at radius 1 is 1.17 bits per heavy atom. The summed E-state index contributed by atoms with van der Waals surface area (Å²) in [5.41, 5.74) is 2.36. The van der Waals surface area contributed by atoms with Crippen LogP contribution >= 0.6 is 27.3 Å². The maximum atomic E-state index is 5.42. The summed E-state index contributed by atoms with van der Waals surface area (Å²) in [5.74, 6) is 1.79. The van der Waals surface area contributed by atoms with Gasteiger partial charge in [-0.1, -0.05) is 33.6 Å². The van der Waals surface area contributed by atoms with Crippen molar-refractivity contribution in [3.63, 3.8) is 0 Å². The maximum absolute atomic E-state index is 5.42. The van der Waals surface area contributed by atoms with E-state index < -0.39 is 0 Å². The topological polar surface area (TPSA) is 18.5 Å². The van der Waals surface area contributed by atoms with Crippen molar-refractivity contribution in [3.8, 4) is 11.5 Å². The molecule has 1 heterocycles. The highest BCUT2D eigenvalue weighted by Gasteiger charge is 2.17. The number of benzene rings is 1. The molecule has 1 atom stereocenters. The second-order valence-corrected chi connectivity index (χ2v) is 5.86. The first-order valence-corrected chi connectivity index (χ1v) is 7.36. The van der Waals surface area contributed by atoms with Crippen LogP contribution in [0.1, 0.15) is 20.8 Å². The first kappa shape index (κ1) is 13.4. The summed E-state index contributed by atoms with van der Waals surface area (Å²) in [5, 5.41) is 2.01. The SMILES string of the molecule is COc1csc(C(Br)c2cc(C)ccc2OC)c1. The fourth-order valence-corrected chi connectivity index (χ4v) is 3.44. The molecule has 0 fully saturated rings. The molecule has 0 aliphatic heterocycles. The van der Waals surface area contributed by atoms with Crippen molar-refractivity contribution in [1.82, 2.24) is 0 Å². The minimum absolute atomic E-state index is 0.126. The molecule has 2 rings (SSSR count). The van der Waals surface area contributed by atoms with Gasteiger partial charge in [0.1, 0.15) is 11.5 Å². The molecule has 0 aliphatic carbocycles. The van der Waals surface area contributed by atoms with E-state index in [0.717, 1.165) is 17.1 Å². The van der Waals surface area contributed by atoms with Gasteiger partial charge in [0.15, 0.2) is 0 Å². The van der Waals surface area contributed by atoms with Gasteiger partial charge in [0.25, 0.3) is 0 Å². The van der Waals surface area contributed by atoms with E-state index in [-0.39, 0.29) is 4.83 Å². The Morgan fingerprint density at radius 3 is 2.56 bits per heavy atom. The molecule has 0 bridgehead atoms. The molecule has 96 valence electrons. The largest absolute Gasteiger partial charge is 0.496 e. The summed E-state index contributed by atoms with van der Waals surface area (Å²) < 4.78 is 10.6. The summed E-state index contributed by atoms with van der Waals surface area (Å²) in [6, 6.07) is 8.25. The van der Waals surface area contributed by atoms with Gasteiger partial charge in [-0.2, -0.15) is 0 Å². The number of methoxy groups -OCH3 is 2. The van der Waals surface area contributed by atoms with E-state index in [0.29, 0.717) is 0 Å². The molecule has 0 saturated heterocycles. The van der Waals surface area contributed by atoms with Crippen molar-refractivity contribution in [2.75, 3.05) is 14.2 Å². The van der Waals surface area contributed by atoms with E-state index in [1.165, 1.54) is 10.4 Å². The molecule has 2 nitrogen and oxygen atoms in total. The monoisotopic (exact) mass is 326 g/mol. The molecule has 1 unspecified atom stereocenters. The van der Waals surface area contributed by atoms with Crippen LogP contribution in [0.2, 0.25) is 0 Å². The summed E-state index contributed by atoms with van der Waals surface area (Å²) in [4.78, 5) is 1.33. The van der Waals surface area contributed by atoms with Crippen molar-refractivity contribution in [1.29, 1.82) is 0 Å². The van der Waals surface area contributed by atoms with Gasteiger partial charge in [0, 0.05) is 15.8 Å². The third kappa shape index (κ3) is 2.70. The van der Waals surface area contributed by atoms with Crippen LogP contribution in [-0.2, 0) is 0 Å². The first-order chi connectivity index (χ1) is 8.65. The lowest BCUT2D eigenvalue weighted by molar-refractivity contribution is 0.410. The fraction of sp³-hybridized carbons (Fsp3) is 0.286. The molecule has 0 spiro atoms. The smallest absolute Gasteiger partial charge is 0.129 e. The van der Waals surface area contributed by atoms with Crippen molar-refractivity contribution < 1.29 is 9.47 Å². The van der Waals surface area contributed by atoms with Crippen LogP contribution in [0.5, 0.6) is 11.5 Å². The second kappa shape index (κ2) is 5.76. The Morgan fingerprint density at radius 2 is 1.94 bits per heavy atom. The van der Waals surface area contributed by atoms with Gasteiger partial charge in [-0.05, 0) is 19.1 Å². The molecule has 1 aromatic heterocycles. The highest BCUT2D eigenvalue weighted by molar-refractivity contribution is 9.09. The average molecular weight is 327 g/mol. The molecule has 4 heteroatoms. The van der Waals surface area contributed by atoms with Crippen molar-refractivity contribution in [2.45, 2.75) is 11.8 Å². The van der Waals surface area contributed by atoms with Gasteiger partial charge in [-0.15, -0.1) is 11.3 Å². The predicted octanol–water partition coefficient (Wildman–Crippen LogP) is 4.56. The lowest BCUT2D eigenvalue weighted by atomic mass is 10.1. The zero-order valence-corrected chi connectivity index (χ0v) is 13.0. The van der Waals surface area contributed by atoms with Crippen LogP contribution in [-0.4, -0.2) is 14.2 Å². The van der Waals surface area contributed by atoms with Gasteiger partial charge < -0.3 is 9.47 Å². The van der Waals surface area contributed by atoms with Crippen LogP contribution in [0.15, 0.2) is 29.6 Å². The normalized spacial score (nSPS) is 12.2. The molecule has 0 radical (unpaired) electrons. The number of ether oxygens (including phenoxy) is 2. The fourth-order valence-electron chi connectivity index (χ4n) is 1.78. The molecule has 0 aliphatic rings. The van der Waals surface area contributed by atoms with Gasteiger partial charge >= 0.3 is 0 Å². The standard InChI is InChI=1S/C14H15BrO2S/c1-9-4-5-12(17-3)11(6-9)14(15)13-7-10(16-2)8-18-13/h4-8,14H,1-3H3. The minimum atomic E-state index is 0.126. The third-order valence-electron chi connectivity index (χ3n) is 2.74. The van der Waals surface area contributed by atoms with Crippen molar-refractivity contribution in [3.05, 3.63) is 45.6 Å². The van der Waals surface area contributed by atoms with Gasteiger partial charge in [0.05, 0.1) is 19.0 Å². The summed E-state index contributed by atoms with van der Waals surface area (Å²) in [7, 11) is 3.38. The first-order valence-electron chi connectivity index (χ1n) is 5.56. The van der Waals surface area contributed by atoms with Crippen LogP contribution < -0.4 is 9.47 Å². The maximum Gasteiger partial charge on any atom is 0.129 e. The summed E-state index contributed by atoms with van der Waals surface area (Å²) >= 11 is 5.41. The molecule has 1 aromatic carbocycles. The van der Waals surface area contributed by atoms with E-state index >= 15 is 0 Å². The third-order valence-corrected chi connectivity index (χ3v) is 5.00. The van der Waals surface area contributed by atoms with Crippen LogP contribution in [0.4, 0.5) is 0 Å². The van der Waals surface area contributed by atoms with Gasteiger partial charge in [0.2, 0.25) is 0 Å². The number of hydrogen-bond donors (Lipinski definition) is 0. The minimum Gasteiger partial charge on any atom is -0.496 e. The lowest BCUT2D eigenvalue weighted by Crippen LogP contribution is -1.96. The zero-order valence-electron chi connectivity index (χ0n) is 10.6. The summed E-state index contributed by atoms with van der Waals surface area (Å²) in [6.07, 6.45) is 0. The Balaban J connectivity index is 2.38. The average Bonchev–Trinajstić information content (AvgIpc) is 2.86. The number of alkyl halides is 1. The number of hydrogen-bond acceptors (Lipinski definition) is 3. The predicted molar refractivity (Wildman–Crippen MR) is 79.4 cm³/mol. The van der Waals surface area contributed by atoms with Gasteiger partial charge in [-0.3, -0.25) is 0 Å². The number of halogens is 1. The molecule has 2 aromatic rings. The number of aryl methyl sites for hydroxylation is 1. The zero-order chi connectivity index (χ0) is 13.1. The Bertz CT molecular complexity index is 536. The van der Waals surface area contributed by atoms with E-state index in [9.17, 15) is 0 Å². The molecule has 0 N–H and O–H groups in total. The van der Waals surface area contributed by atoms with Gasteiger partial charge in [-0.25, -0.2) is 0 Å². The highest BCUT2D eigenvalue weighted by Crippen LogP contribution is 2.40. The van der Waals surface area contributed by atoms with Crippen LogP contribution in [0.25, 0.3) is 0 Å². The van der Waals surface area contributed by atoms with E-state index in [1.807, 2.05) is 17.5 Å². The van der Waals surface area contributed by atoms with E-state index in [2.05, 4.69) is 35.0 Å². The van der Waals surface area contributed by atoms with Crippen molar-refractivity contribution >= 4 is 27.3 Å². The number of thiophene rings is 1. The Labute approximate surface area is 120 Å². The molecule has 18 heavy (non-hydrogen) atoms. The Kier molecular flexibility index (Phi) is 4.30. The van der Waals surface area contributed by atoms with E-state index in [4.69, 9.17) is 9.47 Å². The highest BCUT2D eigenvalue weighted by atomic mass is 79.9. The van der Waals surface area contributed by atoms with Crippen molar-refractivity contribution in [2.24, 2.45) is 0 Å². The quantitative estimate of drug-likeness (QED) is 0.767. The Hall–Kier alpha value is -1.00. The lowest BCUT2D eigenvalue weighted by Gasteiger charge is -2.13. The van der Waals surface area contributed by atoms with E-state index in [1.54, 1.807) is 25.6 Å². The molecular formula is C14H15BrO2S. The number of rotatable bonds is 4. The molecule has 0 saturated carbocycles. The summed E-state index contributed by atoms with van der Waals surface area (Å²) in [6.45, 7) is 2.08. The molecular weight excluding hydrogens is 312 g/mol. The molecule has 0 amide bonds. The second-order valence-electron chi connectivity index (χ2n) is 4.00.